The third kappa shape index (κ3) is 4.28. The molecule has 0 saturated heterocycles. The van der Waals surface area contributed by atoms with E-state index in [0.29, 0.717) is 31.2 Å². The highest BCUT2D eigenvalue weighted by Crippen LogP contribution is 2.17. The number of rotatable bonds is 8. The fourth-order valence-corrected chi connectivity index (χ4v) is 3.49. The molecule has 0 radical (unpaired) electrons. The number of hydrogen-bond donors (Lipinski definition) is 0. The number of methoxy groups -OCH3 is 1. The van der Waals surface area contributed by atoms with Crippen LogP contribution in [0.4, 0.5) is 0 Å². The molecule has 0 N–H and O–H groups in total. The Morgan fingerprint density at radius 3 is 2.92 bits per heavy atom. The molecule has 0 bridgehead atoms. The number of carbonyl (C=O) groups excluding carboxylic acids is 1. The van der Waals surface area contributed by atoms with Gasteiger partial charge in [0.05, 0.1) is 18.5 Å². The number of aromatic nitrogens is 3. The minimum atomic E-state index is -0.0546. The van der Waals surface area contributed by atoms with Crippen molar-refractivity contribution in [3.63, 3.8) is 0 Å². The van der Waals surface area contributed by atoms with Crippen LogP contribution in [0, 0.1) is 5.92 Å². The van der Waals surface area contributed by atoms with E-state index in [0.717, 1.165) is 23.3 Å². The Labute approximate surface area is 157 Å². The van der Waals surface area contributed by atoms with Gasteiger partial charge in [0, 0.05) is 32.9 Å². The van der Waals surface area contributed by atoms with Crippen LogP contribution in [0.1, 0.15) is 29.8 Å². The topological polar surface area (TPSA) is 60.2 Å². The number of fused-ring (bicyclic) bond motifs is 1. The first-order chi connectivity index (χ1) is 12.6. The number of thiophene rings is 1. The number of amides is 1. The van der Waals surface area contributed by atoms with Crippen LogP contribution in [0.15, 0.2) is 35.4 Å². The van der Waals surface area contributed by atoms with Crippen LogP contribution in [0.3, 0.4) is 0 Å². The fourth-order valence-electron chi connectivity index (χ4n) is 2.83. The van der Waals surface area contributed by atoms with Gasteiger partial charge in [-0.15, -0.1) is 0 Å². The lowest BCUT2D eigenvalue weighted by Gasteiger charge is -2.22. The minimum absolute atomic E-state index is 0.0546. The van der Waals surface area contributed by atoms with Crippen molar-refractivity contribution in [3.05, 3.63) is 46.5 Å². The smallest absolute Gasteiger partial charge is 0.255 e. The van der Waals surface area contributed by atoms with E-state index >= 15 is 0 Å². The summed E-state index contributed by atoms with van der Waals surface area (Å²) in [5, 5.41) is 4.07. The molecule has 0 atom stereocenters. The van der Waals surface area contributed by atoms with E-state index < -0.39 is 0 Å². The lowest BCUT2D eigenvalue weighted by molar-refractivity contribution is 0.0680. The molecule has 3 heterocycles. The molecule has 0 saturated carbocycles. The van der Waals surface area contributed by atoms with Gasteiger partial charge in [0.15, 0.2) is 5.65 Å². The fraction of sp³-hybridized carbons (Fsp3) is 0.421. The number of hydrogen-bond acceptors (Lipinski definition) is 5. The Balaban J connectivity index is 1.83. The summed E-state index contributed by atoms with van der Waals surface area (Å²) in [6.07, 6.45) is 3.44. The molecule has 7 heteroatoms. The summed E-state index contributed by atoms with van der Waals surface area (Å²) in [6.45, 7) is 6.75. The molecule has 0 aliphatic rings. The van der Waals surface area contributed by atoms with Gasteiger partial charge in [0.25, 0.3) is 5.91 Å². The first-order valence-electron chi connectivity index (χ1n) is 8.68. The van der Waals surface area contributed by atoms with Gasteiger partial charge < -0.3 is 14.2 Å². The van der Waals surface area contributed by atoms with E-state index in [9.17, 15) is 4.79 Å². The molecule has 3 aromatic rings. The van der Waals surface area contributed by atoms with E-state index in [-0.39, 0.29) is 5.91 Å². The predicted octanol–water partition coefficient (Wildman–Crippen LogP) is 3.44. The quantitative estimate of drug-likeness (QED) is 0.608. The van der Waals surface area contributed by atoms with Crippen molar-refractivity contribution < 1.29 is 9.53 Å². The number of imidazole rings is 1. The molecule has 1 amide bonds. The number of nitrogens with zero attached hydrogens (tertiary/aromatic N) is 4. The zero-order chi connectivity index (χ0) is 18.5. The molecule has 6 nitrogen and oxygen atoms in total. The lowest BCUT2D eigenvalue weighted by Crippen LogP contribution is -2.33. The van der Waals surface area contributed by atoms with E-state index in [1.165, 1.54) is 0 Å². The SMILES string of the molecule is COCCN(Cc1ccsc1)C(=O)c1cnc2c(c1)ncn2CC(C)C. The molecule has 0 fully saturated rings. The molecule has 0 aliphatic carbocycles. The van der Waals surface area contributed by atoms with E-state index in [2.05, 4.69) is 29.2 Å². The maximum Gasteiger partial charge on any atom is 0.255 e. The summed E-state index contributed by atoms with van der Waals surface area (Å²) in [7, 11) is 1.64. The summed E-state index contributed by atoms with van der Waals surface area (Å²) in [5.41, 5.74) is 3.24. The zero-order valence-corrected chi connectivity index (χ0v) is 16.2. The van der Waals surface area contributed by atoms with Crippen molar-refractivity contribution in [3.8, 4) is 0 Å². The summed E-state index contributed by atoms with van der Waals surface area (Å²) in [4.78, 5) is 23.7. The zero-order valence-electron chi connectivity index (χ0n) is 15.4. The Kier molecular flexibility index (Phi) is 6.00. The highest BCUT2D eigenvalue weighted by atomic mass is 32.1. The van der Waals surface area contributed by atoms with Crippen LogP contribution in [-0.4, -0.2) is 45.6 Å². The molecule has 3 rings (SSSR count). The largest absolute Gasteiger partial charge is 0.383 e. The van der Waals surface area contributed by atoms with Crippen molar-refractivity contribution >= 4 is 28.4 Å². The average Bonchev–Trinajstić information content (AvgIpc) is 3.27. The maximum absolute atomic E-state index is 13.0. The molecule has 26 heavy (non-hydrogen) atoms. The number of ether oxygens (including phenoxy) is 1. The van der Waals surface area contributed by atoms with Crippen LogP contribution in [0.2, 0.25) is 0 Å². The molecule has 3 aromatic heterocycles. The number of carbonyl (C=O) groups is 1. The average molecular weight is 372 g/mol. The van der Waals surface area contributed by atoms with E-state index in [4.69, 9.17) is 4.74 Å². The second-order valence-corrected chi connectivity index (χ2v) is 7.49. The molecule has 0 aliphatic heterocycles. The number of pyridine rings is 1. The van der Waals surface area contributed by atoms with Gasteiger partial charge >= 0.3 is 0 Å². The second kappa shape index (κ2) is 8.42. The Hall–Kier alpha value is -2.25. The standard InChI is InChI=1S/C19H24N4O2S/c1-14(2)10-23-13-21-17-8-16(9-20-18(17)23)19(24)22(5-6-25-3)11-15-4-7-26-12-15/h4,7-9,12-14H,5-6,10-11H2,1-3H3. The van der Waals surface area contributed by atoms with Crippen molar-refractivity contribution in [2.45, 2.75) is 26.9 Å². The predicted molar refractivity (Wildman–Crippen MR) is 103 cm³/mol. The van der Waals surface area contributed by atoms with Crippen LogP contribution in [0.25, 0.3) is 11.2 Å². The highest BCUT2D eigenvalue weighted by Gasteiger charge is 2.18. The molecule has 0 aromatic carbocycles. The van der Waals surface area contributed by atoms with Crippen LogP contribution in [0.5, 0.6) is 0 Å². The first kappa shape index (κ1) is 18.5. The second-order valence-electron chi connectivity index (χ2n) is 6.71. The molecule has 138 valence electrons. The summed E-state index contributed by atoms with van der Waals surface area (Å²) < 4.78 is 7.20. The van der Waals surface area contributed by atoms with Gasteiger partial charge in [-0.25, -0.2) is 9.97 Å². The Bertz CT molecular complexity index is 858. The Morgan fingerprint density at radius 1 is 1.38 bits per heavy atom. The summed E-state index contributed by atoms with van der Waals surface area (Å²) in [6, 6.07) is 3.86. The van der Waals surface area contributed by atoms with Gasteiger partial charge in [-0.2, -0.15) is 11.3 Å². The minimum Gasteiger partial charge on any atom is -0.383 e. The summed E-state index contributed by atoms with van der Waals surface area (Å²) in [5.74, 6) is 0.451. The van der Waals surface area contributed by atoms with Crippen molar-refractivity contribution in [1.29, 1.82) is 0 Å². The monoisotopic (exact) mass is 372 g/mol. The van der Waals surface area contributed by atoms with Crippen LogP contribution in [-0.2, 0) is 17.8 Å². The first-order valence-corrected chi connectivity index (χ1v) is 9.63. The normalized spacial score (nSPS) is 11.4. The molecule has 0 unspecified atom stereocenters. The molecular formula is C19H24N4O2S. The van der Waals surface area contributed by atoms with E-state index in [1.807, 2.05) is 22.1 Å². The van der Waals surface area contributed by atoms with Crippen molar-refractivity contribution in [2.24, 2.45) is 5.92 Å². The van der Waals surface area contributed by atoms with Gasteiger partial charge in [0.1, 0.15) is 5.52 Å². The van der Waals surface area contributed by atoms with Crippen LogP contribution >= 0.6 is 11.3 Å². The van der Waals surface area contributed by atoms with Crippen molar-refractivity contribution in [2.75, 3.05) is 20.3 Å². The lowest BCUT2D eigenvalue weighted by atomic mass is 10.2. The van der Waals surface area contributed by atoms with Gasteiger partial charge in [-0.05, 0) is 34.4 Å². The maximum atomic E-state index is 13.0. The van der Waals surface area contributed by atoms with Gasteiger partial charge in [0.2, 0.25) is 0 Å². The summed E-state index contributed by atoms with van der Waals surface area (Å²) >= 11 is 1.63. The third-order valence-electron chi connectivity index (χ3n) is 4.07. The van der Waals surface area contributed by atoms with Gasteiger partial charge in [-0.3, -0.25) is 4.79 Å². The van der Waals surface area contributed by atoms with E-state index in [1.54, 1.807) is 35.9 Å². The van der Waals surface area contributed by atoms with Crippen LogP contribution < -0.4 is 0 Å². The van der Waals surface area contributed by atoms with Crippen molar-refractivity contribution in [1.82, 2.24) is 19.4 Å². The highest BCUT2D eigenvalue weighted by molar-refractivity contribution is 7.07. The molecular weight excluding hydrogens is 348 g/mol. The third-order valence-corrected chi connectivity index (χ3v) is 4.80. The van der Waals surface area contributed by atoms with Gasteiger partial charge in [-0.1, -0.05) is 13.8 Å². The Morgan fingerprint density at radius 2 is 2.23 bits per heavy atom. The molecule has 0 spiro atoms.